The average Bonchev–Trinajstić information content (AvgIpc) is 2.67. The van der Waals surface area contributed by atoms with E-state index in [0.717, 1.165) is 17.0 Å². The van der Waals surface area contributed by atoms with Crippen LogP contribution in [0.2, 0.25) is 0 Å². The van der Waals surface area contributed by atoms with Crippen molar-refractivity contribution in [1.82, 2.24) is 0 Å². The molecule has 28 heavy (non-hydrogen) atoms. The highest BCUT2D eigenvalue weighted by atomic mass is 16.5. The first-order chi connectivity index (χ1) is 13.7. The van der Waals surface area contributed by atoms with Crippen LogP contribution in [0.4, 0.5) is 0 Å². The second-order valence-electron chi connectivity index (χ2n) is 8.13. The molecule has 3 unspecified atom stereocenters. The van der Waals surface area contributed by atoms with E-state index >= 15 is 0 Å². The smallest absolute Gasteiger partial charge is 0.0994 e. The SMILES string of the molecule is N#Cc1ccc(C2CC(O)CC(CO)O2)cc1Cc1ccc(C2CCC2)cc1. The van der Waals surface area contributed by atoms with Gasteiger partial charge in [0, 0.05) is 12.8 Å². The van der Waals surface area contributed by atoms with E-state index in [1.165, 1.54) is 30.4 Å². The van der Waals surface area contributed by atoms with Crippen molar-refractivity contribution in [3.8, 4) is 6.07 Å². The molecular weight excluding hydrogens is 350 g/mol. The van der Waals surface area contributed by atoms with Crippen molar-refractivity contribution in [2.75, 3.05) is 6.61 Å². The zero-order valence-corrected chi connectivity index (χ0v) is 16.1. The molecule has 1 saturated heterocycles. The number of nitriles is 1. The van der Waals surface area contributed by atoms with E-state index in [-0.39, 0.29) is 18.8 Å². The van der Waals surface area contributed by atoms with Crippen LogP contribution in [-0.4, -0.2) is 29.0 Å². The van der Waals surface area contributed by atoms with Gasteiger partial charge in [0.05, 0.1) is 36.6 Å². The number of hydrogen-bond acceptors (Lipinski definition) is 4. The first kappa shape index (κ1) is 19.1. The second kappa shape index (κ2) is 8.45. The predicted octanol–water partition coefficient (Wildman–Crippen LogP) is 3.99. The van der Waals surface area contributed by atoms with Gasteiger partial charge in [-0.1, -0.05) is 42.8 Å². The summed E-state index contributed by atoms with van der Waals surface area (Å²) in [6.07, 6.45) is 4.51. The van der Waals surface area contributed by atoms with Crippen molar-refractivity contribution in [2.24, 2.45) is 0 Å². The maximum absolute atomic E-state index is 10.1. The van der Waals surface area contributed by atoms with E-state index in [1.54, 1.807) is 0 Å². The summed E-state index contributed by atoms with van der Waals surface area (Å²) in [6.45, 7) is -0.0932. The summed E-state index contributed by atoms with van der Waals surface area (Å²) in [5.74, 6) is 0.724. The quantitative estimate of drug-likeness (QED) is 0.826. The highest BCUT2D eigenvalue weighted by Crippen LogP contribution is 2.36. The lowest BCUT2D eigenvalue weighted by Gasteiger charge is -2.32. The lowest BCUT2D eigenvalue weighted by atomic mass is 9.80. The Morgan fingerprint density at radius 1 is 1.04 bits per heavy atom. The van der Waals surface area contributed by atoms with Crippen LogP contribution in [0.5, 0.6) is 0 Å². The zero-order valence-electron chi connectivity index (χ0n) is 16.1. The van der Waals surface area contributed by atoms with Crippen LogP contribution in [0.3, 0.4) is 0 Å². The lowest BCUT2D eigenvalue weighted by molar-refractivity contribution is -0.113. The van der Waals surface area contributed by atoms with Crippen molar-refractivity contribution in [3.05, 3.63) is 70.3 Å². The molecule has 2 fully saturated rings. The fourth-order valence-electron chi connectivity index (χ4n) is 4.26. The molecule has 1 aliphatic carbocycles. The Balaban J connectivity index is 1.54. The van der Waals surface area contributed by atoms with E-state index in [1.807, 2.05) is 18.2 Å². The topological polar surface area (TPSA) is 73.5 Å². The van der Waals surface area contributed by atoms with Crippen molar-refractivity contribution in [2.45, 2.75) is 62.8 Å². The molecule has 2 aliphatic rings. The first-order valence-electron chi connectivity index (χ1n) is 10.2. The molecular formula is C24H27NO3. The summed E-state index contributed by atoms with van der Waals surface area (Å²) >= 11 is 0. The van der Waals surface area contributed by atoms with Gasteiger partial charge in [0.25, 0.3) is 0 Å². The minimum atomic E-state index is -0.478. The number of aliphatic hydroxyl groups excluding tert-OH is 2. The van der Waals surface area contributed by atoms with E-state index < -0.39 is 6.10 Å². The fourth-order valence-corrected chi connectivity index (χ4v) is 4.26. The summed E-state index contributed by atoms with van der Waals surface area (Å²) in [6, 6.07) is 16.8. The molecule has 2 aromatic rings. The van der Waals surface area contributed by atoms with Gasteiger partial charge in [-0.25, -0.2) is 0 Å². The van der Waals surface area contributed by atoms with Gasteiger partial charge in [-0.15, -0.1) is 0 Å². The first-order valence-corrected chi connectivity index (χ1v) is 10.2. The average molecular weight is 377 g/mol. The third kappa shape index (κ3) is 4.12. The molecule has 4 rings (SSSR count). The summed E-state index contributed by atoms with van der Waals surface area (Å²) in [7, 11) is 0. The second-order valence-corrected chi connectivity index (χ2v) is 8.13. The molecule has 0 aromatic heterocycles. The Labute approximate surface area is 166 Å². The maximum Gasteiger partial charge on any atom is 0.0994 e. The molecule has 4 heteroatoms. The number of rotatable bonds is 5. The Bertz CT molecular complexity index is 851. The molecule has 2 aromatic carbocycles. The van der Waals surface area contributed by atoms with Gasteiger partial charge in [-0.3, -0.25) is 0 Å². The van der Waals surface area contributed by atoms with Crippen LogP contribution >= 0.6 is 0 Å². The van der Waals surface area contributed by atoms with Crippen molar-refractivity contribution in [3.63, 3.8) is 0 Å². The molecule has 1 saturated carbocycles. The van der Waals surface area contributed by atoms with Gasteiger partial charge in [0.15, 0.2) is 0 Å². The molecule has 0 radical (unpaired) electrons. The summed E-state index contributed by atoms with van der Waals surface area (Å²) < 4.78 is 5.94. The number of benzene rings is 2. The maximum atomic E-state index is 10.1. The Morgan fingerprint density at radius 2 is 1.79 bits per heavy atom. The number of nitrogens with zero attached hydrogens (tertiary/aromatic N) is 1. The van der Waals surface area contributed by atoms with Crippen LogP contribution in [-0.2, 0) is 11.2 Å². The van der Waals surface area contributed by atoms with Crippen LogP contribution < -0.4 is 0 Å². The highest BCUT2D eigenvalue weighted by Gasteiger charge is 2.29. The third-order valence-corrected chi connectivity index (χ3v) is 6.15. The molecule has 0 amide bonds. The third-order valence-electron chi connectivity index (χ3n) is 6.15. The molecule has 4 nitrogen and oxygen atoms in total. The van der Waals surface area contributed by atoms with E-state index in [4.69, 9.17) is 4.74 Å². The van der Waals surface area contributed by atoms with Gasteiger partial charge >= 0.3 is 0 Å². The Kier molecular flexibility index (Phi) is 5.77. The molecule has 0 bridgehead atoms. The monoisotopic (exact) mass is 377 g/mol. The lowest BCUT2D eigenvalue weighted by Crippen LogP contribution is -2.33. The van der Waals surface area contributed by atoms with Gasteiger partial charge in [-0.2, -0.15) is 5.26 Å². The van der Waals surface area contributed by atoms with Gasteiger partial charge < -0.3 is 14.9 Å². The van der Waals surface area contributed by atoms with Crippen molar-refractivity contribution in [1.29, 1.82) is 5.26 Å². The summed E-state index contributed by atoms with van der Waals surface area (Å²) in [5.41, 5.74) is 5.21. The largest absolute Gasteiger partial charge is 0.394 e. The zero-order chi connectivity index (χ0) is 19.5. The van der Waals surface area contributed by atoms with Crippen LogP contribution in [0.25, 0.3) is 0 Å². The number of ether oxygens (including phenoxy) is 1. The standard InChI is InChI=1S/C24H27NO3/c25-14-20-9-8-19(24-13-22(27)12-23(15-26)28-24)11-21(20)10-16-4-6-18(7-5-16)17-2-1-3-17/h4-9,11,17,22-24,26-27H,1-3,10,12-13,15H2. The molecule has 2 N–H and O–H groups in total. The predicted molar refractivity (Wildman–Crippen MR) is 107 cm³/mol. The molecule has 0 spiro atoms. The highest BCUT2D eigenvalue weighted by molar-refractivity contribution is 5.44. The van der Waals surface area contributed by atoms with Crippen LogP contribution in [0.15, 0.2) is 42.5 Å². The molecule has 3 atom stereocenters. The normalized spacial score (nSPS) is 25.1. The fraction of sp³-hybridized carbons (Fsp3) is 0.458. The summed E-state index contributed by atoms with van der Waals surface area (Å²) in [5, 5.41) is 29.0. The van der Waals surface area contributed by atoms with Crippen LogP contribution in [0, 0.1) is 11.3 Å². The van der Waals surface area contributed by atoms with Crippen molar-refractivity contribution >= 4 is 0 Å². The van der Waals surface area contributed by atoms with E-state index in [9.17, 15) is 15.5 Å². The van der Waals surface area contributed by atoms with Crippen molar-refractivity contribution < 1.29 is 14.9 Å². The molecule has 1 heterocycles. The minimum absolute atomic E-state index is 0.0932. The van der Waals surface area contributed by atoms with Gasteiger partial charge in [0.1, 0.15) is 0 Å². The Hall–Kier alpha value is -2.19. The van der Waals surface area contributed by atoms with E-state index in [0.29, 0.717) is 24.8 Å². The molecule has 146 valence electrons. The number of aliphatic hydroxyl groups is 2. The van der Waals surface area contributed by atoms with Crippen LogP contribution in [0.1, 0.15) is 71.9 Å². The minimum Gasteiger partial charge on any atom is -0.394 e. The molecule has 1 aliphatic heterocycles. The number of hydrogen-bond donors (Lipinski definition) is 2. The van der Waals surface area contributed by atoms with Gasteiger partial charge in [-0.05, 0) is 53.5 Å². The Morgan fingerprint density at radius 3 is 2.43 bits per heavy atom. The van der Waals surface area contributed by atoms with Gasteiger partial charge in [0.2, 0.25) is 0 Å². The summed E-state index contributed by atoms with van der Waals surface area (Å²) in [4.78, 5) is 0. The van der Waals surface area contributed by atoms with E-state index in [2.05, 4.69) is 30.3 Å².